The van der Waals surface area contributed by atoms with Gasteiger partial charge in [-0.05, 0) is 73.2 Å². The van der Waals surface area contributed by atoms with Crippen LogP contribution in [0.2, 0.25) is 0 Å². The molecule has 0 saturated heterocycles. The number of carbonyl (C=O) groups excluding carboxylic acids is 4. The largest absolute Gasteiger partial charge is 0.496 e. The number of anilines is 1. The minimum Gasteiger partial charge on any atom is -0.496 e. The number of hydrogen-bond donors (Lipinski definition) is 5. The van der Waals surface area contributed by atoms with E-state index in [1.165, 1.54) is 32.2 Å². The first kappa shape index (κ1) is 36.3. The van der Waals surface area contributed by atoms with Crippen LogP contribution in [0, 0.1) is 17.2 Å². The molecule has 1 aliphatic rings. The Kier molecular flexibility index (Phi) is 11.9. The van der Waals surface area contributed by atoms with Gasteiger partial charge in [-0.3, -0.25) is 19.8 Å². The van der Waals surface area contributed by atoms with Crippen LogP contribution in [0.1, 0.15) is 82.5 Å². The van der Waals surface area contributed by atoms with Crippen LogP contribution in [0.3, 0.4) is 0 Å². The van der Waals surface area contributed by atoms with Crippen molar-refractivity contribution in [2.24, 2.45) is 23.3 Å². The molecule has 49 heavy (non-hydrogen) atoms. The SMILES string of the molecule is C=Cc1cc(C(=O)Nc2ccc(C(=N)N)cc2)c(-c2ccc(C(=O)NCC3CC3)nc2C(=O)OC(C)OC(=O)[C@@H](N)[C@@H](C)CC)cc1OC. The molecule has 13 nitrogen and oxygen atoms in total. The van der Waals surface area contributed by atoms with Crippen molar-refractivity contribution in [2.45, 2.75) is 52.4 Å². The Morgan fingerprint density at radius 1 is 1.04 bits per heavy atom. The van der Waals surface area contributed by atoms with Gasteiger partial charge in [0.25, 0.3) is 11.8 Å². The van der Waals surface area contributed by atoms with E-state index in [4.69, 9.17) is 31.1 Å². The molecule has 1 unspecified atom stereocenters. The molecule has 258 valence electrons. The summed E-state index contributed by atoms with van der Waals surface area (Å²) in [4.78, 5) is 57.6. The Labute approximate surface area is 284 Å². The maximum atomic E-state index is 13.8. The average Bonchev–Trinajstić information content (AvgIpc) is 3.93. The molecule has 1 heterocycles. The summed E-state index contributed by atoms with van der Waals surface area (Å²) in [5.41, 5.74) is 13.1. The number of pyridine rings is 1. The fraction of sp³-hybridized carbons (Fsp3) is 0.333. The van der Waals surface area contributed by atoms with Crippen LogP contribution in [0.15, 0.2) is 55.1 Å². The van der Waals surface area contributed by atoms with Crippen LogP contribution in [0.5, 0.6) is 5.75 Å². The van der Waals surface area contributed by atoms with Crippen molar-refractivity contribution in [3.05, 3.63) is 83.2 Å². The second kappa shape index (κ2) is 16.0. The van der Waals surface area contributed by atoms with Crippen molar-refractivity contribution in [1.82, 2.24) is 10.3 Å². The van der Waals surface area contributed by atoms with E-state index in [1.807, 2.05) is 6.92 Å². The molecule has 1 fully saturated rings. The van der Waals surface area contributed by atoms with Gasteiger partial charge in [0.2, 0.25) is 6.29 Å². The smallest absolute Gasteiger partial charge is 0.360 e. The van der Waals surface area contributed by atoms with Crippen molar-refractivity contribution in [1.29, 1.82) is 5.41 Å². The Balaban J connectivity index is 1.76. The van der Waals surface area contributed by atoms with Crippen molar-refractivity contribution >= 4 is 41.4 Å². The molecule has 0 bridgehead atoms. The van der Waals surface area contributed by atoms with E-state index in [9.17, 15) is 19.2 Å². The summed E-state index contributed by atoms with van der Waals surface area (Å²) in [6, 6.07) is 11.5. The van der Waals surface area contributed by atoms with Crippen LogP contribution in [-0.2, 0) is 14.3 Å². The molecule has 0 radical (unpaired) electrons. The fourth-order valence-corrected chi connectivity index (χ4v) is 4.84. The van der Waals surface area contributed by atoms with E-state index in [0.717, 1.165) is 12.8 Å². The summed E-state index contributed by atoms with van der Waals surface area (Å²) in [5, 5.41) is 13.3. The topological polar surface area (TPSA) is 209 Å². The standard InChI is InChI=1S/C36H42N6O7/c1-6-19(3)30(37)35(45)48-20(4)49-36(46)31-25(14-15-28(42-31)34(44)40-18-21-8-9-21)26-17-29(47-5)22(7-2)16-27(26)33(43)41-24-12-10-23(11-13-24)32(38)39/h7,10-17,19-21,30H,2,6,8-9,18,37H2,1,3-5H3,(H3,38,39)(H,40,44)(H,41,43)/t19-,20?,30-/m0/s1. The molecule has 0 spiro atoms. The highest BCUT2D eigenvalue weighted by atomic mass is 16.7. The van der Waals surface area contributed by atoms with Gasteiger partial charge >= 0.3 is 11.9 Å². The molecular formula is C36H42N6O7. The van der Waals surface area contributed by atoms with Crippen molar-refractivity contribution in [3.8, 4) is 16.9 Å². The lowest BCUT2D eigenvalue weighted by Gasteiger charge is -2.21. The monoisotopic (exact) mass is 670 g/mol. The van der Waals surface area contributed by atoms with Gasteiger partial charge < -0.3 is 36.3 Å². The Hall–Kier alpha value is -5.56. The lowest BCUT2D eigenvalue weighted by atomic mass is 9.94. The minimum absolute atomic E-state index is 0.0500. The van der Waals surface area contributed by atoms with Gasteiger partial charge in [0, 0.05) is 47.0 Å². The Bertz CT molecular complexity index is 1750. The summed E-state index contributed by atoms with van der Waals surface area (Å²) >= 11 is 0. The van der Waals surface area contributed by atoms with E-state index in [0.29, 0.717) is 41.4 Å². The van der Waals surface area contributed by atoms with Crippen molar-refractivity contribution < 1.29 is 33.4 Å². The van der Waals surface area contributed by atoms with Gasteiger partial charge in [0.05, 0.1) is 7.11 Å². The average molecular weight is 671 g/mol. The molecule has 2 amide bonds. The highest BCUT2D eigenvalue weighted by Gasteiger charge is 2.29. The van der Waals surface area contributed by atoms with Gasteiger partial charge in [0.15, 0.2) is 5.69 Å². The lowest BCUT2D eigenvalue weighted by Crippen LogP contribution is -2.40. The van der Waals surface area contributed by atoms with Crippen LogP contribution >= 0.6 is 0 Å². The van der Waals surface area contributed by atoms with Crippen molar-refractivity contribution in [2.75, 3.05) is 19.0 Å². The fourth-order valence-electron chi connectivity index (χ4n) is 4.84. The molecule has 1 saturated carbocycles. The predicted molar refractivity (Wildman–Crippen MR) is 185 cm³/mol. The summed E-state index contributed by atoms with van der Waals surface area (Å²) in [7, 11) is 1.45. The number of methoxy groups -OCH3 is 1. The molecule has 3 atom stereocenters. The number of aromatic nitrogens is 1. The van der Waals surface area contributed by atoms with E-state index in [-0.39, 0.29) is 39.8 Å². The summed E-state index contributed by atoms with van der Waals surface area (Å²) in [6.07, 6.45) is 2.85. The van der Waals surface area contributed by atoms with Gasteiger partial charge in [0.1, 0.15) is 23.3 Å². The molecule has 3 aromatic rings. The van der Waals surface area contributed by atoms with E-state index >= 15 is 0 Å². The van der Waals surface area contributed by atoms with Crippen LogP contribution in [-0.4, -0.2) is 60.6 Å². The highest BCUT2D eigenvalue weighted by molar-refractivity contribution is 6.11. The number of nitrogens with two attached hydrogens (primary N) is 2. The van der Waals surface area contributed by atoms with Crippen molar-refractivity contribution in [3.63, 3.8) is 0 Å². The normalized spacial score (nSPS) is 14.1. The van der Waals surface area contributed by atoms with Gasteiger partial charge in [-0.15, -0.1) is 0 Å². The zero-order chi connectivity index (χ0) is 35.8. The van der Waals surface area contributed by atoms with Crippen LogP contribution in [0.25, 0.3) is 17.2 Å². The first-order chi connectivity index (χ1) is 23.4. The summed E-state index contributed by atoms with van der Waals surface area (Å²) < 4.78 is 16.4. The third-order valence-electron chi connectivity index (χ3n) is 8.23. The Morgan fingerprint density at radius 2 is 1.73 bits per heavy atom. The number of hydrogen-bond acceptors (Lipinski definition) is 10. The van der Waals surface area contributed by atoms with E-state index < -0.39 is 36.1 Å². The zero-order valence-corrected chi connectivity index (χ0v) is 28.0. The lowest BCUT2D eigenvalue weighted by molar-refractivity contribution is -0.168. The molecule has 1 aromatic heterocycles. The molecule has 0 aliphatic heterocycles. The van der Waals surface area contributed by atoms with Gasteiger partial charge in [-0.25, -0.2) is 9.78 Å². The summed E-state index contributed by atoms with van der Waals surface area (Å²) in [6.45, 7) is 9.35. The molecular weight excluding hydrogens is 628 g/mol. The van der Waals surface area contributed by atoms with Gasteiger partial charge in [-0.1, -0.05) is 32.9 Å². The molecule has 7 N–H and O–H groups in total. The number of nitrogen functional groups attached to an aromatic ring is 1. The third kappa shape index (κ3) is 9.08. The number of carbonyl (C=O) groups is 4. The number of amidine groups is 1. The minimum atomic E-state index is -1.35. The molecule has 13 heteroatoms. The summed E-state index contributed by atoms with van der Waals surface area (Å²) in [5.74, 6) is -2.33. The number of ether oxygens (including phenoxy) is 3. The quantitative estimate of drug-likeness (QED) is 0.0662. The number of rotatable bonds is 15. The van der Waals surface area contributed by atoms with E-state index in [2.05, 4.69) is 22.2 Å². The highest BCUT2D eigenvalue weighted by Crippen LogP contribution is 2.35. The number of esters is 2. The predicted octanol–water partition coefficient (Wildman–Crippen LogP) is 4.50. The van der Waals surface area contributed by atoms with E-state index in [1.54, 1.807) is 43.3 Å². The number of nitrogens with zero attached hydrogens (tertiary/aromatic N) is 1. The second-order valence-corrected chi connectivity index (χ2v) is 11.9. The van der Waals surface area contributed by atoms with Crippen LogP contribution in [0.4, 0.5) is 5.69 Å². The molecule has 1 aliphatic carbocycles. The number of amides is 2. The number of nitrogens with one attached hydrogen (secondary N) is 3. The Morgan fingerprint density at radius 3 is 2.33 bits per heavy atom. The maximum Gasteiger partial charge on any atom is 0.360 e. The third-order valence-corrected chi connectivity index (χ3v) is 8.23. The van der Waals surface area contributed by atoms with Crippen LogP contribution < -0.4 is 26.8 Å². The zero-order valence-electron chi connectivity index (χ0n) is 28.0. The maximum absolute atomic E-state index is 13.8. The first-order valence-electron chi connectivity index (χ1n) is 15.9. The molecule has 4 rings (SSSR count). The molecule has 2 aromatic carbocycles. The van der Waals surface area contributed by atoms with Gasteiger partial charge in [-0.2, -0.15) is 0 Å². The first-order valence-corrected chi connectivity index (χ1v) is 15.9. The number of benzene rings is 2. The second-order valence-electron chi connectivity index (χ2n) is 11.9.